The lowest BCUT2D eigenvalue weighted by Crippen LogP contribution is -2.24. The van der Waals surface area contributed by atoms with Crippen molar-refractivity contribution in [1.29, 1.82) is 0 Å². The van der Waals surface area contributed by atoms with E-state index in [0.717, 1.165) is 18.5 Å². The maximum Gasteiger partial charge on any atom is 0.335 e. The maximum atomic E-state index is 11.8. The molecule has 0 aromatic heterocycles. The third-order valence-corrected chi connectivity index (χ3v) is 2.72. The zero-order valence-corrected chi connectivity index (χ0v) is 10.9. The second-order valence-electron chi connectivity index (χ2n) is 4.29. The molecule has 0 spiro atoms. The van der Waals surface area contributed by atoms with Crippen LogP contribution in [0.15, 0.2) is 59.9 Å². The van der Waals surface area contributed by atoms with Crippen LogP contribution in [0, 0.1) is 0 Å². The average molecular weight is 259 g/mol. The van der Waals surface area contributed by atoms with Crippen molar-refractivity contribution in [3.05, 3.63) is 59.9 Å². The Morgan fingerprint density at radius 1 is 1.37 bits per heavy atom. The molecule has 1 aliphatic rings. The van der Waals surface area contributed by atoms with Gasteiger partial charge in [0.05, 0.1) is 5.57 Å². The molecular weight excluding hydrogens is 242 g/mol. The van der Waals surface area contributed by atoms with Crippen LogP contribution in [0.5, 0.6) is 0 Å². The number of carboxylic acid groups (broad SMARTS) is 1. The number of amides is 1. The van der Waals surface area contributed by atoms with Crippen LogP contribution in [0.25, 0.3) is 0 Å². The van der Waals surface area contributed by atoms with Gasteiger partial charge in [0.15, 0.2) is 0 Å². The summed E-state index contributed by atoms with van der Waals surface area (Å²) in [5, 5.41) is 11.5. The van der Waals surface area contributed by atoms with Crippen molar-refractivity contribution in [3.8, 4) is 0 Å². The van der Waals surface area contributed by atoms with Crippen molar-refractivity contribution < 1.29 is 14.7 Å². The van der Waals surface area contributed by atoms with E-state index in [1.807, 2.05) is 19.1 Å². The number of aliphatic carboxylic acids is 1. The van der Waals surface area contributed by atoms with Crippen molar-refractivity contribution in [2.24, 2.45) is 0 Å². The first kappa shape index (κ1) is 14.7. The highest BCUT2D eigenvalue weighted by atomic mass is 16.4. The van der Waals surface area contributed by atoms with Gasteiger partial charge in [-0.3, -0.25) is 4.79 Å². The molecule has 1 aliphatic carbocycles. The second-order valence-corrected chi connectivity index (χ2v) is 4.29. The van der Waals surface area contributed by atoms with E-state index in [2.05, 4.69) is 18.5 Å². The minimum absolute atomic E-state index is 0.0616. The Hall–Kier alpha value is -2.36. The summed E-state index contributed by atoms with van der Waals surface area (Å²) < 4.78 is 0. The lowest BCUT2D eigenvalue weighted by atomic mass is 10.0. The summed E-state index contributed by atoms with van der Waals surface area (Å²) in [6.45, 7) is 8.97. The molecule has 0 saturated carbocycles. The number of rotatable bonds is 5. The molecule has 4 heteroatoms. The largest absolute Gasteiger partial charge is 0.478 e. The summed E-state index contributed by atoms with van der Waals surface area (Å²) in [5.74, 6) is -1.54. The van der Waals surface area contributed by atoms with Crippen molar-refractivity contribution in [2.75, 3.05) is 0 Å². The smallest absolute Gasteiger partial charge is 0.335 e. The first-order chi connectivity index (χ1) is 8.93. The Bertz CT molecular complexity index is 522. The van der Waals surface area contributed by atoms with Gasteiger partial charge in [-0.15, -0.1) is 0 Å². The molecule has 2 N–H and O–H groups in total. The van der Waals surface area contributed by atoms with Gasteiger partial charge in [0, 0.05) is 11.3 Å². The fourth-order valence-corrected chi connectivity index (χ4v) is 1.53. The number of nitrogens with one attached hydrogen (secondary N) is 1. The monoisotopic (exact) mass is 259 g/mol. The summed E-state index contributed by atoms with van der Waals surface area (Å²) in [5.41, 5.74) is 2.09. The van der Waals surface area contributed by atoms with Gasteiger partial charge in [-0.25, -0.2) is 4.79 Å². The van der Waals surface area contributed by atoms with Crippen LogP contribution < -0.4 is 5.32 Å². The standard InChI is InChI=1S/C15H17NO3/c1-4-12(15(18)19)9-11(3)14(17)16-13-7-5-10(2)6-8-13/h4-5,7,9H,1,3,6,8H2,2H3,(H,16,17)(H,18,19)/b12-9+. The molecule has 0 aliphatic heterocycles. The van der Waals surface area contributed by atoms with E-state index < -0.39 is 11.9 Å². The van der Waals surface area contributed by atoms with Gasteiger partial charge in [-0.1, -0.05) is 30.9 Å². The van der Waals surface area contributed by atoms with Gasteiger partial charge in [0.1, 0.15) is 0 Å². The molecule has 1 amide bonds. The molecular formula is C15H17NO3. The SMILES string of the molecule is C=C/C(=C\C(=C)C(=O)NC1=CC=C(C)CC1)C(=O)O. The molecule has 0 fully saturated rings. The zero-order valence-electron chi connectivity index (χ0n) is 10.9. The lowest BCUT2D eigenvalue weighted by Gasteiger charge is -2.13. The summed E-state index contributed by atoms with van der Waals surface area (Å²) in [6.07, 6.45) is 7.84. The molecule has 0 heterocycles. The van der Waals surface area contributed by atoms with E-state index in [9.17, 15) is 9.59 Å². The number of hydrogen-bond acceptors (Lipinski definition) is 2. The first-order valence-corrected chi connectivity index (χ1v) is 5.88. The highest BCUT2D eigenvalue weighted by molar-refractivity contribution is 6.00. The van der Waals surface area contributed by atoms with Crippen molar-refractivity contribution >= 4 is 11.9 Å². The number of carboxylic acids is 1. The Balaban J connectivity index is 2.71. The number of allylic oxidation sites excluding steroid dienone is 4. The van der Waals surface area contributed by atoms with Crippen LogP contribution in [0.1, 0.15) is 19.8 Å². The molecule has 0 bridgehead atoms. The molecule has 0 aromatic rings. The van der Waals surface area contributed by atoms with Crippen LogP contribution in [-0.2, 0) is 9.59 Å². The fraction of sp³-hybridized carbons (Fsp3) is 0.200. The van der Waals surface area contributed by atoms with Crippen LogP contribution in [0.4, 0.5) is 0 Å². The van der Waals surface area contributed by atoms with Gasteiger partial charge >= 0.3 is 5.97 Å². The minimum atomic E-state index is -1.14. The molecule has 4 nitrogen and oxygen atoms in total. The molecule has 0 saturated heterocycles. The van der Waals surface area contributed by atoms with Crippen molar-refractivity contribution in [3.63, 3.8) is 0 Å². The molecule has 1 rings (SSSR count). The Labute approximate surface area is 112 Å². The van der Waals surface area contributed by atoms with E-state index in [1.54, 1.807) is 0 Å². The van der Waals surface area contributed by atoms with Crippen molar-refractivity contribution in [1.82, 2.24) is 5.32 Å². The van der Waals surface area contributed by atoms with Gasteiger partial charge in [-0.2, -0.15) is 0 Å². The molecule has 19 heavy (non-hydrogen) atoms. The van der Waals surface area contributed by atoms with E-state index in [0.29, 0.717) is 0 Å². The summed E-state index contributed by atoms with van der Waals surface area (Å²) >= 11 is 0. The Kier molecular flexibility index (Phi) is 5.06. The fourth-order valence-electron chi connectivity index (χ4n) is 1.53. The second kappa shape index (κ2) is 6.54. The third-order valence-electron chi connectivity index (χ3n) is 2.72. The predicted molar refractivity (Wildman–Crippen MR) is 74.3 cm³/mol. The molecule has 100 valence electrons. The van der Waals surface area contributed by atoms with E-state index in [4.69, 9.17) is 5.11 Å². The van der Waals surface area contributed by atoms with Gasteiger partial charge < -0.3 is 10.4 Å². The van der Waals surface area contributed by atoms with Gasteiger partial charge in [-0.05, 0) is 31.9 Å². The lowest BCUT2D eigenvalue weighted by molar-refractivity contribution is -0.132. The van der Waals surface area contributed by atoms with E-state index >= 15 is 0 Å². The van der Waals surface area contributed by atoms with Crippen LogP contribution in [-0.4, -0.2) is 17.0 Å². The highest BCUT2D eigenvalue weighted by Gasteiger charge is 2.11. The maximum absolute atomic E-state index is 11.8. The van der Waals surface area contributed by atoms with Gasteiger partial charge in [0.25, 0.3) is 5.91 Å². The van der Waals surface area contributed by atoms with Crippen LogP contribution in [0.2, 0.25) is 0 Å². The summed E-state index contributed by atoms with van der Waals surface area (Å²) in [4.78, 5) is 22.6. The molecule has 0 radical (unpaired) electrons. The first-order valence-electron chi connectivity index (χ1n) is 5.88. The predicted octanol–water partition coefficient (Wildman–Crippen LogP) is 2.48. The van der Waals surface area contributed by atoms with Crippen LogP contribution >= 0.6 is 0 Å². The topological polar surface area (TPSA) is 66.4 Å². The van der Waals surface area contributed by atoms with Crippen molar-refractivity contribution in [2.45, 2.75) is 19.8 Å². The van der Waals surface area contributed by atoms with Gasteiger partial charge in [0.2, 0.25) is 0 Å². The molecule has 0 aromatic carbocycles. The Morgan fingerprint density at radius 3 is 2.53 bits per heavy atom. The average Bonchev–Trinajstić information content (AvgIpc) is 2.37. The van der Waals surface area contributed by atoms with E-state index in [1.165, 1.54) is 17.7 Å². The van der Waals surface area contributed by atoms with Crippen LogP contribution in [0.3, 0.4) is 0 Å². The molecule has 0 atom stereocenters. The third kappa shape index (κ3) is 4.43. The minimum Gasteiger partial charge on any atom is -0.478 e. The Morgan fingerprint density at radius 2 is 2.05 bits per heavy atom. The van der Waals surface area contributed by atoms with E-state index in [-0.39, 0.29) is 11.1 Å². The quantitative estimate of drug-likeness (QED) is 0.589. The zero-order chi connectivity index (χ0) is 14.4. The molecule has 0 unspecified atom stereocenters. The number of carbonyl (C=O) groups is 2. The summed E-state index contributed by atoms with van der Waals surface area (Å²) in [6, 6.07) is 0. The normalized spacial score (nSPS) is 15.1. The highest BCUT2D eigenvalue weighted by Crippen LogP contribution is 2.16. The number of hydrogen-bond donors (Lipinski definition) is 2. The number of carbonyl (C=O) groups excluding carboxylic acids is 1. The summed E-state index contributed by atoms with van der Waals surface area (Å²) in [7, 11) is 0.